The summed E-state index contributed by atoms with van der Waals surface area (Å²) in [4.78, 5) is 53.8. The van der Waals surface area contributed by atoms with Crippen LogP contribution in [0.15, 0.2) is 65.6 Å². The first-order valence-corrected chi connectivity index (χ1v) is 15.1. The molecule has 0 aromatic heterocycles. The zero-order valence-electron chi connectivity index (χ0n) is 25.9. The number of esters is 3. The molecule has 0 saturated heterocycles. The summed E-state index contributed by atoms with van der Waals surface area (Å²) >= 11 is 1.48. The van der Waals surface area contributed by atoms with Gasteiger partial charge in [-0.3, -0.25) is 9.59 Å². The van der Waals surface area contributed by atoms with E-state index in [0.29, 0.717) is 34.5 Å². The highest BCUT2D eigenvalue weighted by molar-refractivity contribution is 8.04. The number of nitrogens with one attached hydrogen (secondary N) is 1. The van der Waals surface area contributed by atoms with Crippen LogP contribution in [0, 0.1) is 0 Å². The van der Waals surface area contributed by atoms with Crippen molar-refractivity contribution in [2.75, 3.05) is 31.5 Å². The predicted octanol–water partition coefficient (Wildman–Crippen LogP) is 5.99. The van der Waals surface area contributed by atoms with E-state index >= 15 is 0 Å². The molecule has 1 amide bonds. The number of hydrogen-bond acceptors (Lipinski definition) is 10. The fourth-order valence-corrected chi connectivity index (χ4v) is 6.42. The zero-order chi connectivity index (χ0) is 32.5. The van der Waals surface area contributed by atoms with Crippen LogP contribution < -0.4 is 19.7 Å². The molecular weight excluding hydrogens is 596 g/mol. The van der Waals surface area contributed by atoms with Gasteiger partial charge < -0.3 is 29.2 Å². The summed E-state index contributed by atoms with van der Waals surface area (Å²) in [5, 5.41) is 2.99. The first-order chi connectivity index (χ1) is 21.4. The summed E-state index contributed by atoms with van der Waals surface area (Å²) in [5.41, 5.74) is 2.82. The number of anilines is 2. The highest BCUT2D eigenvalue weighted by Crippen LogP contribution is 2.45. The number of likely N-dealkylation sites (N-methyl/N-ethyl adjacent to an activating group) is 1. The highest BCUT2D eigenvalue weighted by Gasteiger charge is 2.39. The van der Waals surface area contributed by atoms with Crippen LogP contribution in [0.25, 0.3) is 11.1 Å². The molecule has 3 aromatic rings. The molecule has 0 bridgehead atoms. The first kappa shape index (κ1) is 31.6. The van der Waals surface area contributed by atoms with E-state index in [2.05, 4.69) is 5.32 Å². The average molecular weight is 631 g/mol. The van der Waals surface area contributed by atoms with E-state index in [9.17, 15) is 19.2 Å². The Bertz CT molecular complexity index is 1730. The Kier molecular flexibility index (Phi) is 8.92. The lowest BCUT2D eigenvalue weighted by molar-refractivity contribution is -0.144. The van der Waals surface area contributed by atoms with Gasteiger partial charge in [-0.2, -0.15) is 0 Å². The van der Waals surface area contributed by atoms with Crippen LogP contribution in [0.4, 0.5) is 11.4 Å². The third kappa shape index (κ3) is 6.39. The Hall–Kier alpha value is -4.77. The van der Waals surface area contributed by atoms with Gasteiger partial charge in [0.15, 0.2) is 0 Å². The molecule has 0 saturated carbocycles. The number of nitrogens with zero attached hydrogens (tertiary/aromatic N) is 1. The Balaban J connectivity index is 1.49. The normalized spacial score (nSPS) is 16.7. The van der Waals surface area contributed by atoms with Crippen molar-refractivity contribution in [3.63, 3.8) is 0 Å². The minimum absolute atomic E-state index is 0.0798. The first-order valence-electron chi connectivity index (χ1n) is 14.2. The number of ether oxygens (including phenoxy) is 4. The van der Waals surface area contributed by atoms with Crippen molar-refractivity contribution in [1.82, 2.24) is 0 Å². The minimum atomic E-state index is -0.833. The molecule has 3 aromatic carbocycles. The topological polar surface area (TPSA) is 120 Å². The van der Waals surface area contributed by atoms with Gasteiger partial charge in [-0.05, 0) is 74.1 Å². The molecule has 2 aliphatic rings. The summed E-state index contributed by atoms with van der Waals surface area (Å²) in [5.74, 6) is -1.11. The molecule has 1 atom stereocenters. The second-order valence-electron chi connectivity index (χ2n) is 11.2. The van der Waals surface area contributed by atoms with E-state index in [4.69, 9.17) is 18.9 Å². The van der Waals surface area contributed by atoms with Crippen LogP contribution in [-0.4, -0.2) is 55.9 Å². The maximum atomic E-state index is 13.3. The fraction of sp³-hybridized carbons (Fsp3) is 0.294. The number of methoxy groups -OCH3 is 2. The van der Waals surface area contributed by atoms with Crippen molar-refractivity contribution >= 4 is 47.0 Å². The van der Waals surface area contributed by atoms with E-state index in [1.807, 2.05) is 39.0 Å². The van der Waals surface area contributed by atoms with Crippen LogP contribution >= 0.6 is 11.8 Å². The Morgan fingerprint density at radius 1 is 1.00 bits per heavy atom. The standard InChI is InChI=1S/C34H34N2O8S/c1-19-10-15-28(45-19)32(39)43-18-25-23(13-14-26-29(25)36(4)33(40)34(2,3)35-26)24-12-11-22(17-27(24)41-5)44-31(38)21-9-7-8-20(16-21)30(37)42-6/h7-14,16-17,28,35H,15,18H2,1-6H3. The van der Waals surface area contributed by atoms with Crippen LogP contribution in [0.2, 0.25) is 0 Å². The lowest BCUT2D eigenvalue weighted by Crippen LogP contribution is -2.52. The third-order valence-electron chi connectivity index (χ3n) is 7.67. The maximum Gasteiger partial charge on any atom is 0.343 e. The molecule has 2 heterocycles. The molecule has 2 aliphatic heterocycles. The van der Waals surface area contributed by atoms with Crippen molar-refractivity contribution in [2.45, 2.75) is 44.6 Å². The third-order valence-corrected chi connectivity index (χ3v) is 8.87. The van der Waals surface area contributed by atoms with Gasteiger partial charge in [-0.25, -0.2) is 9.59 Å². The number of carbonyl (C=O) groups is 4. The SMILES string of the molecule is COC(=O)c1cccc(C(=O)Oc2ccc(-c3ccc4c(c3COC(=O)C3CC=C(C)S3)N(C)C(=O)C(C)(C)N4)c(OC)c2)c1. The minimum Gasteiger partial charge on any atom is -0.496 e. The zero-order valence-corrected chi connectivity index (χ0v) is 26.7. The van der Waals surface area contributed by atoms with Crippen molar-refractivity contribution in [3.05, 3.63) is 82.3 Å². The number of thioether (sulfide) groups is 1. The molecule has 1 unspecified atom stereocenters. The number of rotatable bonds is 8. The number of hydrogen-bond donors (Lipinski definition) is 1. The van der Waals surface area contributed by atoms with Crippen molar-refractivity contribution < 1.29 is 38.1 Å². The van der Waals surface area contributed by atoms with Gasteiger partial charge in [0.25, 0.3) is 5.91 Å². The fourth-order valence-electron chi connectivity index (χ4n) is 5.42. The molecular formula is C34H34N2O8S. The quantitative estimate of drug-likeness (QED) is 0.235. The average Bonchev–Trinajstić information content (AvgIpc) is 3.48. The van der Waals surface area contributed by atoms with Crippen LogP contribution in [0.5, 0.6) is 11.5 Å². The Labute approximate surface area is 265 Å². The summed E-state index contributed by atoms with van der Waals surface area (Å²) < 4.78 is 21.9. The second kappa shape index (κ2) is 12.7. The number of fused-ring (bicyclic) bond motifs is 1. The van der Waals surface area contributed by atoms with Gasteiger partial charge >= 0.3 is 17.9 Å². The van der Waals surface area contributed by atoms with Crippen LogP contribution in [0.1, 0.15) is 53.5 Å². The van der Waals surface area contributed by atoms with Gasteiger partial charge in [0.1, 0.15) is 28.9 Å². The lowest BCUT2D eigenvalue weighted by atomic mass is 9.91. The van der Waals surface area contributed by atoms with E-state index in [1.165, 1.54) is 38.1 Å². The molecule has 11 heteroatoms. The predicted molar refractivity (Wildman–Crippen MR) is 172 cm³/mol. The van der Waals surface area contributed by atoms with Crippen molar-refractivity contribution in [1.29, 1.82) is 0 Å². The van der Waals surface area contributed by atoms with Crippen molar-refractivity contribution in [3.8, 4) is 22.6 Å². The van der Waals surface area contributed by atoms with Gasteiger partial charge in [-0.1, -0.05) is 18.2 Å². The molecule has 234 valence electrons. The number of carbonyl (C=O) groups excluding carboxylic acids is 4. The number of allylic oxidation sites excluding steroid dienone is 2. The maximum absolute atomic E-state index is 13.3. The summed E-state index contributed by atoms with van der Waals surface area (Å²) in [6.45, 7) is 5.50. The summed E-state index contributed by atoms with van der Waals surface area (Å²) in [6, 6.07) is 14.7. The molecule has 5 rings (SSSR count). The van der Waals surface area contributed by atoms with E-state index in [1.54, 1.807) is 42.3 Å². The van der Waals surface area contributed by atoms with Crippen LogP contribution in [0.3, 0.4) is 0 Å². The Morgan fingerprint density at radius 2 is 1.71 bits per heavy atom. The monoisotopic (exact) mass is 630 g/mol. The molecule has 0 aliphatic carbocycles. The summed E-state index contributed by atoms with van der Waals surface area (Å²) in [7, 11) is 4.46. The van der Waals surface area contributed by atoms with Gasteiger partial charge in [-0.15, -0.1) is 11.8 Å². The number of amides is 1. The second-order valence-corrected chi connectivity index (χ2v) is 12.6. The largest absolute Gasteiger partial charge is 0.496 e. The van der Waals surface area contributed by atoms with Gasteiger partial charge in [0.2, 0.25) is 0 Å². The smallest absolute Gasteiger partial charge is 0.343 e. The molecule has 0 fully saturated rings. The molecule has 1 N–H and O–H groups in total. The van der Waals surface area contributed by atoms with Gasteiger partial charge in [0.05, 0.1) is 36.7 Å². The highest BCUT2D eigenvalue weighted by atomic mass is 32.2. The molecule has 10 nitrogen and oxygen atoms in total. The Morgan fingerprint density at radius 3 is 2.38 bits per heavy atom. The van der Waals surface area contributed by atoms with Crippen molar-refractivity contribution in [2.24, 2.45) is 0 Å². The van der Waals surface area contributed by atoms with Crippen LogP contribution in [-0.2, 0) is 25.7 Å². The molecule has 0 radical (unpaired) electrons. The van der Waals surface area contributed by atoms with Gasteiger partial charge in [0, 0.05) is 24.2 Å². The van der Waals surface area contributed by atoms with E-state index in [-0.39, 0.29) is 40.6 Å². The van der Waals surface area contributed by atoms with E-state index in [0.717, 1.165) is 10.6 Å². The number of benzene rings is 3. The molecule has 0 spiro atoms. The lowest BCUT2D eigenvalue weighted by Gasteiger charge is -2.39. The summed E-state index contributed by atoms with van der Waals surface area (Å²) in [6.07, 6.45) is 2.62. The molecule has 45 heavy (non-hydrogen) atoms. The van der Waals surface area contributed by atoms with E-state index < -0.39 is 17.5 Å².